The average Bonchev–Trinajstić information content (AvgIpc) is 2.70. The van der Waals surface area contributed by atoms with Crippen LogP contribution in [0.3, 0.4) is 0 Å². The van der Waals surface area contributed by atoms with Crippen LogP contribution in [-0.2, 0) is 0 Å². The lowest BCUT2D eigenvalue weighted by atomic mass is 10.2. The van der Waals surface area contributed by atoms with Crippen molar-refractivity contribution in [3.05, 3.63) is 59.7 Å². The van der Waals surface area contributed by atoms with Crippen molar-refractivity contribution in [1.29, 1.82) is 0 Å². The summed E-state index contributed by atoms with van der Waals surface area (Å²) in [5.74, 6) is 14.6. The van der Waals surface area contributed by atoms with E-state index in [2.05, 4.69) is 23.7 Å². The quantitative estimate of drug-likeness (QED) is 0.790. The summed E-state index contributed by atoms with van der Waals surface area (Å²) in [6.45, 7) is 0. The molecule has 0 aliphatic carbocycles. The summed E-state index contributed by atoms with van der Waals surface area (Å²) in [6.07, 6.45) is 3.40. The van der Waals surface area contributed by atoms with Crippen LogP contribution >= 0.6 is 0 Å². The largest absolute Gasteiger partial charge is 0.493 e. The van der Waals surface area contributed by atoms with E-state index in [-0.39, 0.29) is 0 Å². The molecule has 26 heavy (non-hydrogen) atoms. The van der Waals surface area contributed by atoms with E-state index in [4.69, 9.17) is 18.9 Å². The molecular formula is C22H20O4. The van der Waals surface area contributed by atoms with Crippen molar-refractivity contribution in [1.82, 2.24) is 0 Å². The highest BCUT2D eigenvalue weighted by Crippen LogP contribution is 2.27. The Hall–Kier alpha value is -3.50. The number of rotatable bonds is 4. The number of methoxy groups -OCH3 is 4. The van der Waals surface area contributed by atoms with E-state index in [1.165, 1.54) is 0 Å². The fourth-order valence-electron chi connectivity index (χ4n) is 2.16. The highest BCUT2D eigenvalue weighted by atomic mass is 16.5. The van der Waals surface area contributed by atoms with Crippen molar-refractivity contribution in [3.8, 4) is 46.7 Å². The van der Waals surface area contributed by atoms with Crippen molar-refractivity contribution in [3.63, 3.8) is 0 Å². The Kier molecular flexibility index (Phi) is 7.04. The van der Waals surface area contributed by atoms with Gasteiger partial charge in [0.25, 0.3) is 0 Å². The van der Waals surface area contributed by atoms with Crippen LogP contribution in [-0.4, -0.2) is 28.4 Å². The number of hydrogen-bond donors (Lipinski definition) is 0. The molecule has 0 heterocycles. The van der Waals surface area contributed by atoms with Crippen LogP contribution < -0.4 is 18.9 Å². The first kappa shape index (κ1) is 18.8. The van der Waals surface area contributed by atoms with E-state index >= 15 is 0 Å². The second-order valence-corrected chi connectivity index (χ2v) is 5.01. The molecule has 0 aliphatic rings. The van der Waals surface area contributed by atoms with Gasteiger partial charge < -0.3 is 18.9 Å². The van der Waals surface area contributed by atoms with Gasteiger partial charge in [-0.25, -0.2) is 0 Å². The van der Waals surface area contributed by atoms with Gasteiger partial charge in [0.2, 0.25) is 0 Å². The number of allylic oxidation sites excluding steroid dienone is 2. The van der Waals surface area contributed by atoms with Gasteiger partial charge in [0, 0.05) is 11.1 Å². The lowest BCUT2D eigenvalue weighted by Crippen LogP contribution is -1.90. The molecule has 2 aromatic carbocycles. The van der Waals surface area contributed by atoms with Crippen LogP contribution in [0.4, 0.5) is 0 Å². The highest BCUT2D eigenvalue weighted by Gasteiger charge is 2.03. The first-order valence-electron chi connectivity index (χ1n) is 7.84. The predicted octanol–water partition coefficient (Wildman–Crippen LogP) is 3.68. The minimum Gasteiger partial charge on any atom is -0.493 e. The fraction of sp³-hybridized carbons (Fsp3) is 0.182. The SMILES string of the molecule is COc1ccc(C#C/C=C\C#Cc2ccc(OC)c(OC)c2)cc1OC. The van der Waals surface area contributed by atoms with Crippen molar-refractivity contribution >= 4 is 0 Å². The minimum absolute atomic E-state index is 0.650. The zero-order valence-electron chi connectivity index (χ0n) is 15.3. The molecular weight excluding hydrogens is 328 g/mol. The topological polar surface area (TPSA) is 36.9 Å². The van der Waals surface area contributed by atoms with Gasteiger partial charge in [0.05, 0.1) is 28.4 Å². The molecule has 2 rings (SSSR count). The summed E-state index contributed by atoms with van der Waals surface area (Å²) >= 11 is 0. The summed E-state index contributed by atoms with van der Waals surface area (Å²) < 4.78 is 20.9. The van der Waals surface area contributed by atoms with Gasteiger partial charge in [-0.3, -0.25) is 0 Å². The van der Waals surface area contributed by atoms with Crippen LogP contribution in [0.15, 0.2) is 48.6 Å². The lowest BCUT2D eigenvalue weighted by molar-refractivity contribution is 0.355. The molecule has 0 spiro atoms. The molecule has 0 aromatic heterocycles. The molecule has 4 heteroatoms. The normalized spacial score (nSPS) is 9.54. The Labute approximate surface area is 154 Å². The zero-order chi connectivity index (χ0) is 18.8. The maximum Gasteiger partial charge on any atom is 0.161 e. The van der Waals surface area contributed by atoms with Crippen LogP contribution in [0.5, 0.6) is 23.0 Å². The Balaban J connectivity index is 2.05. The highest BCUT2D eigenvalue weighted by molar-refractivity contribution is 5.50. The molecule has 2 aromatic rings. The standard InChI is InChI=1S/C22H20O4/c1-23-19-13-11-17(15-21(19)25-3)9-7-5-6-8-10-18-12-14-20(24-2)22(16-18)26-4/h5-6,11-16H,1-4H3/b6-5-. The van der Waals surface area contributed by atoms with Gasteiger partial charge >= 0.3 is 0 Å². The molecule has 132 valence electrons. The smallest absolute Gasteiger partial charge is 0.161 e. The lowest BCUT2D eigenvalue weighted by Gasteiger charge is -2.06. The maximum absolute atomic E-state index is 5.25. The second-order valence-electron chi connectivity index (χ2n) is 5.01. The van der Waals surface area contributed by atoms with Gasteiger partial charge in [0.15, 0.2) is 23.0 Å². The molecule has 0 fully saturated rings. The van der Waals surface area contributed by atoms with Gasteiger partial charge in [-0.1, -0.05) is 23.7 Å². The van der Waals surface area contributed by atoms with Crippen molar-refractivity contribution in [2.45, 2.75) is 0 Å². The van der Waals surface area contributed by atoms with Crippen LogP contribution in [0.25, 0.3) is 0 Å². The fourth-order valence-corrected chi connectivity index (χ4v) is 2.16. The van der Waals surface area contributed by atoms with E-state index in [0.717, 1.165) is 11.1 Å². The van der Waals surface area contributed by atoms with E-state index < -0.39 is 0 Å². The minimum atomic E-state index is 0.650. The van der Waals surface area contributed by atoms with E-state index in [1.807, 2.05) is 36.4 Å². The van der Waals surface area contributed by atoms with Crippen LogP contribution in [0, 0.1) is 23.7 Å². The second kappa shape index (κ2) is 9.71. The average molecular weight is 348 g/mol. The van der Waals surface area contributed by atoms with Crippen molar-refractivity contribution in [2.75, 3.05) is 28.4 Å². The third-order valence-corrected chi connectivity index (χ3v) is 3.45. The van der Waals surface area contributed by atoms with Gasteiger partial charge in [-0.15, -0.1) is 0 Å². The molecule has 0 aliphatic heterocycles. The molecule has 0 atom stereocenters. The molecule has 0 saturated heterocycles. The van der Waals surface area contributed by atoms with Gasteiger partial charge in [-0.05, 0) is 48.6 Å². The monoisotopic (exact) mass is 348 g/mol. The van der Waals surface area contributed by atoms with E-state index in [9.17, 15) is 0 Å². The predicted molar refractivity (Wildman–Crippen MR) is 102 cm³/mol. The van der Waals surface area contributed by atoms with Gasteiger partial charge in [-0.2, -0.15) is 0 Å². The number of ether oxygens (including phenoxy) is 4. The summed E-state index contributed by atoms with van der Waals surface area (Å²) in [6, 6.07) is 11.0. The van der Waals surface area contributed by atoms with E-state index in [1.54, 1.807) is 40.6 Å². The summed E-state index contributed by atoms with van der Waals surface area (Å²) in [7, 11) is 6.39. The number of benzene rings is 2. The Bertz CT molecular complexity index is 830. The van der Waals surface area contributed by atoms with Crippen LogP contribution in [0.1, 0.15) is 11.1 Å². The van der Waals surface area contributed by atoms with Crippen molar-refractivity contribution < 1.29 is 18.9 Å². The molecule has 0 N–H and O–H groups in total. The van der Waals surface area contributed by atoms with Gasteiger partial charge in [0.1, 0.15) is 0 Å². The third-order valence-electron chi connectivity index (χ3n) is 3.45. The first-order chi connectivity index (χ1) is 12.7. The zero-order valence-corrected chi connectivity index (χ0v) is 15.3. The maximum atomic E-state index is 5.25. The Morgan fingerprint density at radius 2 is 0.962 bits per heavy atom. The number of hydrogen-bond acceptors (Lipinski definition) is 4. The molecule has 0 bridgehead atoms. The first-order valence-corrected chi connectivity index (χ1v) is 7.84. The molecule has 0 unspecified atom stereocenters. The summed E-state index contributed by atoms with van der Waals surface area (Å²) in [4.78, 5) is 0. The Morgan fingerprint density at radius 3 is 1.31 bits per heavy atom. The third kappa shape index (κ3) is 5.00. The van der Waals surface area contributed by atoms with Crippen molar-refractivity contribution in [2.24, 2.45) is 0 Å². The molecule has 0 saturated carbocycles. The molecule has 0 amide bonds. The summed E-state index contributed by atoms with van der Waals surface area (Å²) in [5, 5.41) is 0. The van der Waals surface area contributed by atoms with E-state index in [0.29, 0.717) is 23.0 Å². The Morgan fingerprint density at radius 1 is 0.577 bits per heavy atom. The molecule has 4 nitrogen and oxygen atoms in total. The summed E-state index contributed by atoms with van der Waals surface area (Å²) in [5.41, 5.74) is 1.67. The molecule has 0 radical (unpaired) electrons. The van der Waals surface area contributed by atoms with Crippen LogP contribution in [0.2, 0.25) is 0 Å².